The van der Waals surface area contributed by atoms with E-state index in [0.29, 0.717) is 21.3 Å². The van der Waals surface area contributed by atoms with Crippen molar-refractivity contribution < 1.29 is 14.6 Å². The summed E-state index contributed by atoms with van der Waals surface area (Å²) in [5, 5.41) is 8.92. The van der Waals surface area contributed by atoms with Crippen molar-refractivity contribution in [1.29, 1.82) is 0 Å². The van der Waals surface area contributed by atoms with E-state index in [-0.39, 0.29) is 11.0 Å². The Morgan fingerprint density at radius 2 is 1.78 bits per heavy atom. The molecule has 5 heteroatoms. The predicted octanol–water partition coefficient (Wildman–Crippen LogP) is 4.72. The Bertz CT molecular complexity index is 427. The van der Waals surface area contributed by atoms with Crippen LogP contribution in [0.1, 0.15) is 37.6 Å². The number of aromatic carboxylic acids is 1. The number of rotatable bonds is 4. The summed E-state index contributed by atoms with van der Waals surface area (Å²) in [6.07, 6.45) is 0.923. The number of halogens is 2. The highest BCUT2D eigenvalue weighted by molar-refractivity contribution is 9.11. The van der Waals surface area contributed by atoms with Crippen molar-refractivity contribution in [2.75, 3.05) is 6.61 Å². The second-order valence-corrected chi connectivity index (χ2v) is 6.94. The molecule has 0 bridgehead atoms. The first-order valence-electron chi connectivity index (χ1n) is 5.56. The Labute approximate surface area is 124 Å². The van der Waals surface area contributed by atoms with Gasteiger partial charge in [0.15, 0.2) is 0 Å². The van der Waals surface area contributed by atoms with Gasteiger partial charge in [0.1, 0.15) is 5.75 Å². The lowest BCUT2D eigenvalue weighted by molar-refractivity contribution is 0.0696. The van der Waals surface area contributed by atoms with Crippen molar-refractivity contribution >= 4 is 37.8 Å². The van der Waals surface area contributed by atoms with Gasteiger partial charge in [0.25, 0.3) is 0 Å². The van der Waals surface area contributed by atoms with E-state index in [1.807, 2.05) is 0 Å². The van der Waals surface area contributed by atoms with Crippen LogP contribution in [0.15, 0.2) is 21.1 Å². The molecular formula is C13H16Br2O3. The van der Waals surface area contributed by atoms with Crippen LogP contribution in [0, 0.1) is 5.41 Å². The van der Waals surface area contributed by atoms with Gasteiger partial charge in [-0.15, -0.1) is 0 Å². The van der Waals surface area contributed by atoms with Gasteiger partial charge in [-0.25, -0.2) is 4.79 Å². The van der Waals surface area contributed by atoms with Gasteiger partial charge in [-0.05, 0) is 55.8 Å². The minimum absolute atomic E-state index is 0.208. The molecule has 0 aromatic heterocycles. The minimum Gasteiger partial charge on any atom is -0.491 e. The Balaban J connectivity index is 2.81. The SMILES string of the molecule is CC(C)(C)CCOc1c(Br)cc(C(=O)O)cc1Br. The van der Waals surface area contributed by atoms with Crippen molar-refractivity contribution in [2.24, 2.45) is 5.41 Å². The molecule has 3 nitrogen and oxygen atoms in total. The van der Waals surface area contributed by atoms with E-state index in [1.54, 1.807) is 12.1 Å². The van der Waals surface area contributed by atoms with E-state index in [0.717, 1.165) is 6.42 Å². The fourth-order valence-corrected chi connectivity index (χ4v) is 2.70. The van der Waals surface area contributed by atoms with Gasteiger partial charge in [0, 0.05) is 0 Å². The molecule has 1 aromatic carbocycles. The molecule has 0 atom stereocenters. The molecule has 0 heterocycles. The van der Waals surface area contributed by atoms with E-state index < -0.39 is 5.97 Å². The molecule has 1 aromatic rings. The van der Waals surface area contributed by atoms with Crippen molar-refractivity contribution in [3.63, 3.8) is 0 Å². The number of ether oxygens (including phenoxy) is 1. The smallest absolute Gasteiger partial charge is 0.335 e. The molecule has 100 valence electrons. The molecule has 0 unspecified atom stereocenters. The highest BCUT2D eigenvalue weighted by Crippen LogP contribution is 2.35. The van der Waals surface area contributed by atoms with Gasteiger partial charge in [-0.2, -0.15) is 0 Å². The summed E-state index contributed by atoms with van der Waals surface area (Å²) in [5.41, 5.74) is 0.428. The molecule has 0 aliphatic carbocycles. The van der Waals surface area contributed by atoms with E-state index in [4.69, 9.17) is 9.84 Å². The predicted molar refractivity (Wildman–Crippen MR) is 78.4 cm³/mol. The van der Waals surface area contributed by atoms with E-state index in [2.05, 4.69) is 52.6 Å². The van der Waals surface area contributed by atoms with E-state index in [1.165, 1.54) is 0 Å². The zero-order valence-electron chi connectivity index (χ0n) is 10.6. The lowest BCUT2D eigenvalue weighted by Crippen LogP contribution is -2.11. The molecule has 0 saturated carbocycles. The molecule has 0 aliphatic heterocycles. The van der Waals surface area contributed by atoms with Gasteiger partial charge in [0.05, 0.1) is 21.1 Å². The largest absolute Gasteiger partial charge is 0.491 e. The Kier molecular flexibility index (Phi) is 5.22. The van der Waals surface area contributed by atoms with Crippen LogP contribution in [0.25, 0.3) is 0 Å². The Morgan fingerprint density at radius 1 is 1.28 bits per heavy atom. The highest BCUT2D eigenvalue weighted by Gasteiger charge is 2.14. The second kappa shape index (κ2) is 6.06. The maximum Gasteiger partial charge on any atom is 0.335 e. The number of carboxylic acids is 1. The lowest BCUT2D eigenvalue weighted by Gasteiger charge is -2.19. The molecule has 0 radical (unpaired) electrons. The lowest BCUT2D eigenvalue weighted by atomic mass is 9.93. The molecule has 18 heavy (non-hydrogen) atoms. The van der Waals surface area contributed by atoms with Crippen molar-refractivity contribution in [3.05, 3.63) is 26.6 Å². The molecule has 0 aliphatic rings. The Hall–Kier alpha value is -0.550. The molecule has 0 amide bonds. The maximum absolute atomic E-state index is 10.9. The molecule has 0 fully saturated rings. The van der Waals surface area contributed by atoms with Crippen molar-refractivity contribution in [3.8, 4) is 5.75 Å². The fourth-order valence-electron chi connectivity index (χ4n) is 1.28. The summed E-state index contributed by atoms with van der Waals surface area (Å²) < 4.78 is 6.98. The first kappa shape index (κ1) is 15.5. The van der Waals surface area contributed by atoms with Crippen LogP contribution in [-0.2, 0) is 0 Å². The zero-order chi connectivity index (χ0) is 13.9. The second-order valence-electron chi connectivity index (χ2n) is 5.23. The van der Waals surface area contributed by atoms with Gasteiger partial charge in [-0.1, -0.05) is 20.8 Å². The van der Waals surface area contributed by atoms with Crippen LogP contribution < -0.4 is 4.74 Å². The summed E-state index contributed by atoms with van der Waals surface area (Å²) in [4.78, 5) is 10.9. The first-order valence-corrected chi connectivity index (χ1v) is 7.14. The monoisotopic (exact) mass is 378 g/mol. The Morgan fingerprint density at radius 3 is 2.17 bits per heavy atom. The number of carbonyl (C=O) groups is 1. The van der Waals surface area contributed by atoms with Crippen molar-refractivity contribution in [2.45, 2.75) is 27.2 Å². The minimum atomic E-state index is -0.961. The first-order chi connectivity index (χ1) is 8.20. The zero-order valence-corrected chi connectivity index (χ0v) is 13.8. The molecule has 0 saturated heterocycles. The molecular weight excluding hydrogens is 364 g/mol. The van der Waals surface area contributed by atoms with Crippen LogP contribution in [-0.4, -0.2) is 17.7 Å². The summed E-state index contributed by atoms with van der Waals surface area (Å²) in [5.74, 6) is -0.318. The summed E-state index contributed by atoms with van der Waals surface area (Å²) in [6.45, 7) is 7.03. The summed E-state index contributed by atoms with van der Waals surface area (Å²) in [7, 11) is 0. The van der Waals surface area contributed by atoms with Gasteiger partial charge >= 0.3 is 5.97 Å². The van der Waals surface area contributed by atoms with Crippen LogP contribution in [0.5, 0.6) is 5.75 Å². The molecule has 1 N–H and O–H groups in total. The third-order valence-electron chi connectivity index (χ3n) is 2.34. The number of carboxylic acid groups (broad SMARTS) is 1. The average molecular weight is 380 g/mol. The third kappa shape index (κ3) is 4.61. The summed E-state index contributed by atoms with van der Waals surface area (Å²) in [6, 6.07) is 3.08. The highest BCUT2D eigenvalue weighted by atomic mass is 79.9. The van der Waals surface area contributed by atoms with Gasteiger partial charge in [-0.3, -0.25) is 0 Å². The topological polar surface area (TPSA) is 46.5 Å². The summed E-state index contributed by atoms with van der Waals surface area (Å²) >= 11 is 6.66. The average Bonchev–Trinajstić information content (AvgIpc) is 2.20. The fraction of sp³-hybridized carbons (Fsp3) is 0.462. The standard InChI is InChI=1S/C13H16Br2O3/c1-13(2,3)4-5-18-11-9(14)6-8(12(16)17)7-10(11)15/h6-7H,4-5H2,1-3H3,(H,16,17). The van der Waals surface area contributed by atoms with Crippen LogP contribution >= 0.6 is 31.9 Å². The van der Waals surface area contributed by atoms with Crippen LogP contribution in [0.3, 0.4) is 0 Å². The van der Waals surface area contributed by atoms with E-state index in [9.17, 15) is 4.79 Å². The normalized spacial score (nSPS) is 11.4. The third-order valence-corrected chi connectivity index (χ3v) is 3.52. The van der Waals surface area contributed by atoms with Crippen LogP contribution in [0.2, 0.25) is 0 Å². The molecule has 0 spiro atoms. The van der Waals surface area contributed by atoms with Crippen LogP contribution in [0.4, 0.5) is 0 Å². The quantitative estimate of drug-likeness (QED) is 0.822. The van der Waals surface area contributed by atoms with E-state index >= 15 is 0 Å². The van der Waals surface area contributed by atoms with Gasteiger partial charge in [0.2, 0.25) is 0 Å². The number of hydrogen-bond donors (Lipinski definition) is 1. The van der Waals surface area contributed by atoms with Gasteiger partial charge < -0.3 is 9.84 Å². The molecule has 1 rings (SSSR count). The van der Waals surface area contributed by atoms with Crippen molar-refractivity contribution in [1.82, 2.24) is 0 Å². The maximum atomic E-state index is 10.9. The number of benzene rings is 1. The number of hydrogen-bond acceptors (Lipinski definition) is 2.